The van der Waals surface area contributed by atoms with E-state index in [-0.39, 0.29) is 39.4 Å². The fourth-order valence-electron chi connectivity index (χ4n) is 17.4. The molecule has 0 unspecified atom stereocenters. The Kier molecular flexibility index (Phi) is 15.0. The van der Waals surface area contributed by atoms with Gasteiger partial charge in [0.15, 0.2) is 25.2 Å². The molecule has 424 valence electrons. The van der Waals surface area contributed by atoms with Crippen molar-refractivity contribution in [1.82, 2.24) is 0 Å². The number of ether oxygens (including phenoxy) is 9. The third kappa shape index (κ3) is 8.31. The Morgan fingerprint density at radius 1 is 0.554 bits per heavy atom. The number of fused-ring (bicyclic) bond motifs is 4. The van der Waals surface area contributed by atoms with Gasteiger partial charge in [0.25, 0.3) is 0 Å². The number of aliphatic hydroxyl groups is 12. The first-order valence-electron chi connectivity index (χ1n) is 27.1. The third-order valence-electron chi connectivity index (χ3n) is 22.0. The van der Waals surface area contributed by atoms with E-state index in [1.165, 1.54) is 0 Å². The van der Waals surface area contributed by atoms with Gasteiger partial charge in [0.2, 0.25) is 0 Å². The van der Waals surface area contributed by atoms with Gasteiger partial charge >= 0.3 is 0 Å². The average molecular weight is 1060 g/mol. The quantitative estimate of drug-likeness (QED) is 0.0795. The van der Waals surface area contributed by atoms with Gasteiger partial charge in [-0.15, -0.1) is 0 Å². The van der Waals surface area contributed by atoms with Gasteiger partial charge in [0.05, 0.1) is 50.8 Å². The molecule has 10 rings (SSSR count). The molecule has 0 aromatic carbocycles. The molecule has 10 fully saturated rings. The number of aldehydes is 1. The van der Waals surface area contributed by atoms with Crippen LogP contribution in [0.2, 0.25) is 0 Å². The van der Waals surface area contributed by atoms with Gasteiger partial charge in [0.1, 0.15) is 91.7 Å². The maximum absolute atomic E-state index is 12.6. The largest absolute Gasteiger partial charge is 0.394 e. The molecule has 0 aromatic rings. The van der Waals surface area contributed by atoms with Crippen molar-refractivity contribution in [3.63, 3.8) is 0 Å². The van der Waals surface area contributed by atoms with Gasteiger partial charge in [-0.1, -0.05) is 41.5 Å². The molecule has 5 heterocycles. The Morgan fingerprint density at radius 2 is 1.18 bits per heavy atom. The zero-order valence-corrected chi connectivity index (χ0v) is 43.4. The van der Waals surface area contributed by atoms with Crippen LogP contribution in [0.5, 0.6) is 0 Å². The highest BCUT2D eigenvalue weighted by Gasteiger charge is 2.80. The number of hydrogen-bond donors (Lipinski definition) is 12. The highest BCUT2D eigenvalue weighted by Crippen LogP contribution is 2.80. The lowest BCUT2D eigenvalue weighted by Crippen LogP contribution is -2.74. The molecule has 74 heavy (non-hydrogen) atoms. The highest BCUT2D eigenvalue weighted by molar-refractivity contribution is 5.59. The summed E-state index contributed by atoms with van der Waals surface area (Å²) in [4.78, 5) is 12.6. The molecule has 5 aliphatic heterocycles. The van der Waals surface area contributed by atoms with Crippen LogP contribution in [0.15, 0.2) is 0 Å². The van der Waals surface area contributed by atoms with Crippen molar-refractivity contribution in [1.29, 1.82) is 0 Å². The Hall–Kier alpha value is -1.17. The van der Waals surface area contributed by atoms with Crippen molar-refractivity contribution in [2.45, 2.75) is 234 Å². The molecule has 22 nitrogen and oxygen atoms in total. The van der Waals surface area contributed by atoms with Crippen molar-refractivity contribution in [3.05, 3.63) is 0 Å². The number of carbonyl (C=O) groups excluding carboxylic acids is 1. The van der Waals surface area contributed by atoms with E-state index < -0.39 is 166 Å². The van der Waals surface area contributed by atoms with E-state index in [1.807, 2.05) is 0 Å². The van der Waals surface area contributed by atoms with Crippen LogP contribution in [-0.2, 0) is 47.4 Å². The number of aliphatic hydroxyl groups excluding tert-OH is 12. The van der Waals surface area contributed by atoms with E-state index in [0.29, 0.717) is 25.9 Å². The van der Waals surface area contributed by atoms with Crippen molar-refractivity contribution in [2.24, 2.45) is 50.2 Å². The first-order valence-corrected chi connectivity index (χ1v) is 27.1. The van der Waals surface area contributed by atoms with Crippen LogP contribution in [0.4, 0.5) is 0 Å². The SMILES string of the molecule is CC1(C)[C@@H](O[C@@H]2OC[C@H](O[C@@H]3O[C@H](CO)[C@@H](O)[C@H](O)[C@H]3O[C@@H]3OC[C@@H](O)[C@H](O)[C@H]3O)[C@H](O)[C@H]2O[C@@H]2O[C@H](CO)[C@@H](O)[C@H](O)[C@H]2O)CC[C@]2(C)[C@H]3CC[C@]45OC[C@@]6(CC[C@@](C)(C=O)C[C@H]64)[C@H](O)C[C@@]5(C)[C@]3(C)CC[C@@H]12. The summed E-state index contributed by atoms with van der Waals surface area (Å²) in [6.45, 7) is 11.7. The van der Waals surface area contributed by atoms with E-state index in [1.54, 1.807) is 0 Å². The predicted octanol–water partition coefficient (Wildman–Crippen LogP) is -1.89. The Labute approximate surface area is 431 Å². The van der Waals surface area contributed by atoms with Crippen molar-refractivity contribution < 1.29 is 109 Å². The normalized spacial score (nSPS) is 58.1. The first kappa shape index (κ1) is 56.1. The van der Waals surface area contributed by atoms with Gasteiger partial charge in [-0.2, -0.15) is 0 Å². The molecular weight excluding hydrogens is 977 g/mol. The fraction of sp³-hybridized carbons (Fsp3) is 0.981. The van der Waals surface area contributed by atoms with Crippen LogP contribution >= 0.6 is 0 Å². The lowest BCUT2D eigenvalue weighted by atomic mass is 9.30. The Morgan fingerprint density at radius 3 is 1.86 bits per heavy atom. The molecular formula is C52H84O22. The molecule has 0 aromatic heterocycles. The van der Waals surface area contributed by atoms with Crippen molar-refractivity contribution in [3.8, 4) is 0 Å². The topological polar surface area (TPSA) is 343 Å². The van der Waals surface area contributed by atoms with Crippen LogP contribution in [0.25, 0.3) is 0 Å². The molecule has 2 bridgehead atoms. The molecule has 0 radical (unpaired) electrons. The van der Waals surface area contributed by atoms with Crippen LogP contribution in [0.1, 0.15) is 106 Å². The van der Waals surface area contributed by atoms with Crippen molar-refractivity contribution >= 4 is 6.29 Å². The van der Waals surface area contributed by atoms with E-state index in [9.17, 15) is 66.1 Å². The van der Waals surface area contributed by atoms with Gasteiger partial charge in [-0.25, -0.2) is 0 Å². The first-order chi connectivity index (χ1) is 34.8. The molecule has 5 saturated heterocycles. The Bertz CT molecular complexity index is 2020. The summed E-state index contributed by atoms with van der Waals surface area (Å²) < 4.78 is 55.9. The summed E-state index contributed by atoms with van der Waals surface area (Å²) in [5.74, 6) is 0.456. The minimum atomic E-state index is -1.89. The number of hydrogen-bond acceptors (Lipinski definition) is 22. The van der Waals surface area contributed by atoms with Crippen LogP contribution in [0, 0.1) is 50.2 Å². The smallest absolute Gasteiger partial charge is 0.187 e. The maximum Gasteiger partial charge on any atom is 0.187 e. The zero-order valence-electron chi connectivity index (χ0n) is 43.4. The average Bonchev–Trinajstić information content (AvgIpc) is 3.65. The number of carbonyl (C=O) groups is 1. The zero-order chi connectivity index (χ0) is 53.5. The van der Waals surface area contributed by atoms with E-state index in [2.05, 4.69) is 41.5 Å². The lowest BCUT2D eigenvalue weighted by Gasteiger charge is -2.75. The molecule has 0 amide bonds. The molecule has 12 N–H and O–H groups in total. The summed E-state index contributed by atoms with van der Waals surface area (Å²) in [7, 11) is 0. The predicted molar refractivity (Wildman–Crippen MR) is 251 cm³/mol. The third-order valence-corrected chi connectivity index (χ3v) is 22.0. The standard InChI is InChI=1S/C52H84O22/c1-46(2)27-7-11-49(5)28(8-12-52-29-15-47(3,21-55)13-14-51(29,22-68-52)30(57)16-50(49,52)6)48(27,4)10-9-31(46)72-44-40(74-43-39(65)36(62)33(59)24(17-53)69-43)35(61)26(20-67-44)71-45-41(37(63)34(60)25(18-54)70-45)73-42-38(64)32(58)23(56)19-66-42/h21,23-45,53-54,56-65H,7-20,22H2,1-6H3/t23-,24-,25-,26+,27+,28-,29-,30-,31+,32+,33-,34-,35+,36+,37+,38-,39-,40-,41-,42+,43+,44+,45+,47-,48+,49-,50+,51-,52+/m1/s1. The Balaban J connectivity index is 0.901. The minimum absolute atomic E-state index is 0.0727. The molecule has 10 aliphatic rings. The lowest BCUT2D eigenvalue weighted by molar-refractivity contribution is -0.392. The second kappa shape index (κ2) is 19.8. The summed E-state index contributed by atoms with van der Waals surface area (Å²) >= 11 is 0. The van der Waals surface area contributed by atoms with Gasteiger partial charge in [0, 0.05) is 16.2 Å². The molecule has 5 saturated carbocycles. The fourth-order valence-corrected chi connectivity index (χ4v) is 17.4. The van der Waals surface area contributed by atoms with Crippen molar-refractivity contribution in [2.75, 3.05) is 33.0 Å². The van der Waals surface area contributed by atoms with Crippen LogP contribution < -0.4 is 0 Å². The molecule has 29 atom stereocenters. The molecule has 22 heteroatoms. The second-order valence-electron chi connectivity index (χ2n) is 25.8. The van der Waals surface area contributed by atoms with Crippen LogP contribution in [0.3, 0.4) is 0 Å². The molecule has 1 spiro atoms. The summed E-state index contributed by atoms with van der Waals surface area (Å²) in [5, 5.41) is 130. The minimum Gasteiger partial charge on any atom is -0.394 e. The van der Waals surface area contributed by atoms with Gasteiger partial charge < -0.3 is 109 Å². The highest BCUT2D eigenvalue weighted by atomic mass is 16.8. The summed E-state index contributed by atoms with van der Waals surface area (Å²) in [6.07, 6.45) is -22.1. The summed E-state index contributed by atoms with van der Waals surface area (Å²) in [6, 6.07) is 0. The van der Waals surface area contributed by atoms with E-state index >= 15 is 0 Å². The monoisotopic (exact) mass is 1060 g/mol. The molecule has 5 aliphatic carbocycles. The number of rotatable bonds is 11. The van der Waals surface area contributed by atoms with E-state index in [4.69, 9.17) is 42.6 Å². The van der Waals surface area contributed by atoms with E-state index in [0.717, 1.165) is 51.2 Å². The summed E-state index contributed by atoms with van der Waals surface area (Å²) in [5.41, 5.74) is -2.57. The van der Waals surface area contributed by atoms with Crippen LogP contribution in [-0.4, -0.2) is 229 Å². The maximum atomic E-state index is 12.6. The van der Waals surface area contributed by atoms with Gasteiger partial charge in [-0.3, -0.25) is 0 Å². The van der Waals surface area contributed by atoms with Gasteiger partial charge in [-0.05, 0) is 98.2 Å². The second-order valence-corrected chi connectivity index (χ2v) is 25.8.